The zero-order valence-corrected chi connectivity index (χ0v) is 10.1. The minimum absolute atomic E-state index is 0.145. The van der Waals surface area contributed by atoms with Crippen LogP contribution in [0.4, 0.5) is 0 Å². The summed E-state index contributed by atoms with van der Waals surface area (Å²) >= 11 is 0. The molecule has 19 heavy (non-hydrogen) atoms. The highest BCUT2D eigenvalue weighted by Crippen LogP contribution is 2.22. The molecule has 0 spiro atoms. The molecule has 0 saturated heterocycles. The van der Waals surface area contributed by atoms with Gasteiger partial charge in [-0.25, -0.2) is 0 Å². The summed E-state index contributed by atoms with van der Waals surface area (Å²) in [7, 11) is 0. The van der Waals surface area contributed by atoms with Crippen molar-refractivity contribution in [1.29, 1.82) is 0 Å². The Bertz CT molecular complexity index is 642. The second kappa shape index (κ2) is 5.07. The molecule has 3 rings (SSSR count). The molecule has 0 radical (unpaired) electrons. The Hall–Kier alpha value is -2.40. The van der Waals surface area contributed by atoms with E-state index in [1.807, 2.05) is 24.3 Å². The van der Waals surface area contributed by atoms with Crippen LogP contribution in [0.25, 0.3) is 22.8 Å². The molecule has 2 aromatic heterocycles. The molecule has 5 heteroatoms. The number of rotatable bonds is 4. The fourth-order valence-electron chi connectivity index (χ4n) is 1.79. The number of nitrogens with zero attached hydrogens (tertiary/aromatic N) is 2. The van der Waals surface area contributed by atoms with Gasteiger partial charge >= 0.3 is 0 Å². The first-order valence-corrected chi connectivity index (χ1v) is 5.93. The van der Waals surface area contributed by atoms with Gasteiger partial charge in [0.2, 0.25) is 5.82 Å². The van der Waals surface area contributed by atoms with Gasteiger partial charge in [-0.05, 0) is 18.1 Å². The van der Waals surface area contributed by atoms with E-state index in [-0.39, 0.29) is 6.61 Å². The van der Waals surface area contributed by atoms with Crippen LogP contribution in [0.5, 0.6) is 0 Å². The van der Waals surface area contributed by atoms with E-state index in [9.17, 15) is 0 Å². The summed E-state index contributed by atoms with van der Waals surface area (Å²) in [5.74, 6) is 0.968. The van der Waals surface area contributed by atoms with Crippen molar-refractivity contribution in [3.8, 4) is 22.8 Å². The molecule has 0 aliphatic carbocycles. The van der Waals surface area contributed by atoms with E-state index < -0.39 is 0 Å². The lowest BCUT2D eigenvalue weighted by Gasteiger charge is -1.98. The molecule has 0 saturated carbocycles. The maximum Gasteiger partial charge on any atom is 0.261 e. The van der Waals surface area contributed by atoms with E-state index in [1.165, 1.54) is 0 Å². The molecule has 96 valence electrons. The van der Waals surface area contributed by atoms with Crippen LogP contribution in [0.1, 0.15) is 5.56 Å². The molecule has 0 unspecified atom stereocenters. The van der Waals surface area contributed by atoms with Crippen molar-refractivity contribution in [2.75, 3.05) is 6.61 Å². The number of aliphatic hydroxyl groups is 1. The Morgan fingerprint density at radius 1 is 1.05 bits per heavy atom. The average molecular weight is 256 g/mol. The zero-order valence-electron chi connectivity index (χ0n) is 10.1. The van der Waals surface area contributed by atoms with Crippen LogP contribution in [-0.4, -0.2) is 21.9 Å². The maximum atomic E-state index is 8.87. The Morgan fingerprint density at radius 3 is 2.58 bits per heavy atom. The minimum Gasteiger partial charge on any atom is -0.472 e. The number of hydrogen-bond donors (Lipinski definition) is 1. The van der Waals surface area contributed by atoms with Gasteiger partial charge in [-0.2, -0.15) is 4.98 Å². The third kappa shape index (κ3) is 2.41. The van der Waals surface area contributed by atoms with Gasteiger partial charge in [-0.3, -0.25) is 0 Å². The summed E-state index contributed by atoms with van der Waals surface area (Å²) in [5, 5.41) is 12.8. The summed E-state index contributed by atoms with van der Waals surface area (Å²) < 4.78 is 10.2. The summed E-state index contributed by atoms with van der Waals surface area (Å²) in [6, 6.07) is 9.48. The van der Waals surface area contributed by atoms with E-state index in [1.54, 1.807) is 18.6 Å². The fraction of sp³-hybridized carbons (Fsp3) is 0.143. The van der Waals surface area contributed by atoms with Gasteiger partial charge in [0.05, 0.1) is 11.8 Å². The molecule has 1 N–H and O–H groups in total. The van der Waals surface area contributed by atoms with Crippen LogP contribution in [0.3, 0.4) is 0 Å². The van der Waals surface area contributed by atoms with E-state index in [2.05, 4.69) is 10.1 Å². The Labute approximate surface area is 109 Å². The molecule has 0 fully saturated rings. The molecule has 3 aromatic rings. The lowest BCUT2D eigenvalue weighted by atomic mass is 10.1. The molecule has 0 aliphatic heterocycles. The van der Waals surface area contributed by atoms with Gasteiger partial charge in [-0.15, -0.1) is 0 Å². The largest absolute Gasteiger partial charge is 0.472 e. The van der Waals surface area contributed by atoms with E-state index in [4.69, 9.17) is 14.0 Å². The van der Waals surface area contributed by atoms with Crippen molar-refractivity contribution >= 4 is 0 Å². The summed E-state index contributed by atoms with van der Waals surface area (Å²) in [4.78, 5) is 4.31. The highest BCUT2D eigenvalue weighted by molar-refractivity contribution is 5.59. The third-order valence-electron chi connectivity index (χ3n) is 2.81. The van der Waals surface area contributed by atoms with Gasteiger partial charge in [-0.1, -0.05) is 29.4 Å². The predicted octanol–water partition coefficient (Wildman–Crippen LogP) is 2.53. The highest BCUT2D eigenvalue weighted by Gasteiger charge is 2.11. The van der Waals surface area contributed by atoms with Crippen molar-refractivity contribution in [1.82, 2.24) is 10.1 Å². The predicted molar refractivity (Wildman–Crippen MR) is 68.2 cm³/mol. The minimum atomic E-state index is 0.145. The van der Waals surface area contributed by atoms with Crippen molar-refractivity contribution in [3.05, 3.63) is 48.4 Å². The molecule has 0 amide bonds. The average Bonchev–Trinajstić information content (AvgIpc) is 3.11. The van der Waals surface area contributed by atoms with Crippen LogP contribution < -0.4 is 0 Å². The SMILES string of the molecule is OCCc1ccc(-c2noc(-c3ccoc3)n2)cc1. The quantitative estimate of drug-likeness (QED) is 0.776. The van der Waals surface area contributed by atoms with Gasteiger partial charge < -0.3 is 14.0 Å². The van der Waals surface area contributed by atoms with Crippen LogP contribution >= 0.6 is 0 Å². The van der Waals surface area contributed by atoms with Gasteiger partial charge in [0.15, 0.2) is 0 Å². The number of aliphatic hydroxyl groups excluding tert-OH is 1. The lowest BCUT2D eigenvalue weighted by Crippen LogP contribution is -1.90. The number of benzene rings is 1. The van der Waals surface area contributed by atoms with Crippen molar-refractivity contribution in [2.45, 2.75) is 6.42 Å². The standard InChI is InChI=1S/C14H12N2O3/c17-7-5-10-1-3-11(4-2-10)13-15-14(19-16-13)12-6-8-18-9-12/h1-4,6,8-9,17H,5,7H2. The monoisotopic (exact) mass is 256 g/mol. The highest BCUT2D eigenvalue weighted by atomic mass is 16.5. The summed E-state index contributed by atoms with van der Waals surface area (Å²) in [6.07, 6.45) is 3.76. The first-order valence-electron chi connectivity index (χ1n) is 5.93. The van der Waals surface area contributed by atoms with E-state index in [0.717, 1.165) is 16.7 Å². The van der Waals surface area contributed by atoms with E-state index in [0.29, 0.717) is 18.1 Å². The maximum absolute atomic E-state index is 8.87. The Morgan fingerprint density at radius 2 is 1.89 bits per heavy atom. The topological polar surface area (TPSA) is 72.3 Å². The van der Waals surface area contributed by atoms with Crippen LogP contribution in [0.15, 0.2) is 51.8 Å². The second-order valence-electron chi connectivity index (χ2n) is 4.11. The lowest BCUT2D eigenvalue weighted by molar-refractivity contribution is 0.299. The van der Waals surface area contributed by atoms with Gasteiger partial charge in [0.25, 0.3) is 5.89 Å². The molecule has 1 aromatic carbocycles. The Balaban J connectivity index is 1.86. The summed E-state index contributed by atoms with van der Waals surface area (Å²) in [5.41, 5.74) is 2.71. The molecule has 0 aliphatic rings. The molecule has 0 bridgehead atoms. The number of hydrogen-bond acceptors (Lipinski definition) is 5. The van der Waals surface area contributed by atoms with Crippen LogP contribution in [0.2, 0.25) is 0 Å². The molecule has 2 heterocycles. The van der Waals surface area contributed by atoms with Crippen molar-refractivity contribution in [3.63, 3.8) is 0 Å². The van der Waals surface area contributed by atoms with Gasteiger partial charge in [0.1, 0.15) is 6.26 Å². The second-order valence-corrected chi connectivity index (χ2v) is 4.11. The van der Waals surface area contributed by atoms with E-state index >= 15 is 0 Å². The van der Waals surface area contributed by atoms with Crippen molar-refractivity contribution < 1.29 is 14.0 Å². The molecule has 5 nitrogen and oxygen atoms in total. The zero-order chi connectivity index (χ0) is 13.1. The normalized spacial score (nSPS) is 10.8. The Kier molecular flexibility index (Phi) is 3.12. The first-order chi connectivity index (χ1) is 9.36. The van der Waals surface area contributed by atoms with Crippen molar-refractivity contribution in [2.24, 2.45) is 0 Å². The smallest absolute Gasteiger partial charge is 0.261 e. The first kappa shape index (κ1) is 11.7. The number of aromatic nitrogens is 2. The number of furan rings is 1. The fourth-order valence-corrected chi connectivity index (χ4v) is 1.79. The molecular weight excluding hydrogens is 244 g/mol. The summed E-state index contributed by atoms with van der Waals surface area (Å²) in [6.45, 7) is 0.145. The third-order valence-corrected chi connectivity index (χ3v) is 2.81. The molecule has 0 atom stereocenters. The van der Waals surface area contributed by atoms with Gasteiger partial charge in [0, 0.05) is 12.2 Å². The van der Waals surface area contributed by atoms with Crippen LogP contribution in [0, 0.1) is 0 Å². The van der Waals surface area contributed by atoms with Crippen LogP contribution in [-0.2, 0) is 6.42 Å². The molecular formula is C14H12N2O3.